The van der Waals surface area contributed by atoms with E-state index in [0.717, 1.165) is 49.7 Å². The molecule has 0 radical (unpaired) electrons. The minimum atomic E-state index is 0. The molecule has 0 atom stereocenters. The van der Waals surface area contributed by atoms with Gasteiger partial charge in [-0.1, -0.05) is 24.3 Å². The van der Waals surface area contributed by atoms with Crippen molar-refractivity contribution in [3.8, 4) is 17.2 Å². The normalized spacial score (nSPS) is 15.0. The molecule has 138 valence electrons. The number of methoxy groups -OCH3 is 1. The third-order valence-corrected chi connectivity index (χ3v) is 4.23. The van der Waals surface area contributed by atoms with Gasteiger partial charge in [-0.05, 0) is 55.8 Å². The zero-order valence-corrected chi connectivity index (χ0v) is 16.0. The SMILES string of the molecule is COc1ccccc1Oc1cccc(CN2CCC(N)CC2)c1.Cl.Cl. The number of halogens is 2. The summed E-state index contributed by atoms with van der Waals surface area (Å²) in [6, 6.07) is 16.3. The maximum absolute atomic E-state index is 5.98. The molecule has 2 aromatic rings. The predicted molar refractivity (Wildman–Crippen MR) is 106 cm³/mol. The second-order valence-electron chi connectivity index (χ2n) is 6.01. The fourth-order valence-electron chi connectivity index (χ4n) is 2.91. The highest BCUT2D eigenvalue weighted by Gasteiger charge is 2.16. The highest BCUT2D eigenvalue weighted by Crippen LogP contribution is 2.31. The van der Waals surface area contributed by atoms with Crippen molar-refractivity contribution in [2.75, 3.05) is 20.2 Å². The molecule has 1 aliphatic heterocycles. The quantitative estimate of drug-likeness (QED) is 0.836. The molecule has 2 aromatic carbocycles. The van der Waals surface area contributed by atoms with Gasteiger partial charge in [0.25, 0.3) is 0 Å². The summed E-state index contributed by atoms with van der Waals surface area (Å²) in [5.74, 6) is 2.31. The largest absolute Gasteiger partial charge is 0.493 e. The summed E-state index contributed by atoms with van der Waals surface area (Å²) in [5.41, 5.74) is 7.23. The fourth-order valence-corrected chi connectivity index (χ4v) is 2.91. The molecule has 1 fully saturated rings. The average Bonchev–Trinajstić information content (AvgIpc) is 2.58. The molecule has 6 heteroatoms. The zero-order valence-electron chi connectivity index (χ0n) is 14.4. The Labute approximate surface area is 162 Å². The minimum absolute atomic E-state index is 0. The third kappa shape index (κ3) is 6.08. The summed E-state index contributed by atoms with van der Waals surface area (Å²) in [5, 5.41) is 0. The first-order valence-corrected chi connectivity index (χ1v) is 8.12. The van der Waals surface area contributed by atoms with Crippen LogP contribution in [0, 0.1) is 0 Å². The van der Waals surface area contributed by atoms with Crippen LogP contribution in [0.4, 0.5) is 0 Å². The van der Waals surface area contributed by atoms with Gasteiger partial charge < -0.3 is 15.2 Å². The molecule has 3 rings (SSSR count). The van der Waals surface area contributed by atoms with E-state index in [-0.39, 0.29) is 24.8 Å². The van der Waals surface area contributed by atoms with E-state index in [1.165, 1.54) is 5.56 Å². The molecule has 2 N–H and O–H groups in total. The highest BCUT2D eigenvalue weighted by atomic mass is 35.5. The second kappa shape index (κ2) is 10.5. The summed E-state index contributed by atoms with van der Waals surface area (Å²) in [4.78, 5) is 2.45. The number of para-hydroxylation sites is 2. The molecule has 0 aliphatic carbocycles. The van der Waals surface area contributed by atoms with E-state index < -0.39 is 0 Å². The first kappa shape index (κ1) is 21.6. The molecule has 0 spiro atoms. The molecule has 0 saturated carbocycles. The van der Waals surface area contributed by atoms with E-state index in [1.807, 2.05) is 36.4 Å². The number of piperidine rings is 1. The standard InChI is InChI=1S/C19H24N2O2.2ClH/c1-22-18-7-2-3-8-19(18)23-17-6-4-5-15(13-17)14-21-11-9-16(20)10-12-21;;/h2-8,13,16H,9-12,14,20H2,1H3;2*1H. The maximum atomic E-state index is 5.98. The Hall–Kier alpha value is -1.46. The summed E-state index contributed by atoms with van der Waals surface area (Å²) >= 11 is 0. The third-order valence-electron chi connectivity index (χ3n) is 4.23. The predicted octanol–water partition coefficient (Wildman–Crippen LogP) is 4.25. The fraction of sp³-hybridized carbons (Fsp3) is 0.368. The van der Waals surface area contributed by atoms with Gasteiger partial charge in [-0.2, -0.15) is 0 Å². The van der Waals surface area contributed by atoms with Crippen LogP contribution in [0.3, 0.4) is 0 Å². The number of benzene rings is 2. The van der Waals surface area contributed by atoms with Gasteiger partial charge in [0.1, 0.15) is 5.75 Å². The van der Waals surface area contributed by atoms with Gasteiger partial charge in [0.15, 0.2) is 11.5 Å². The molecule has 1 saturated heterocycles. The lowest BCUT2D eigenvalue weighted by molar-refractivity contribution is 0.205. The monoisotopic (exact) mass is 384 g/mol. The summed E-state index contributed by atoms with van der Waals surface area (Å²) in [6.07, 6.45) is 2.16. The minimum Gasteiger partial charge on any atom is -0.493 e. The van der Waals surface area contributed by atoms with Gasteiger partial charge in [-0.25, -0.2) is 0 Å². The lowest BCUT2D eigenvalue weighted by Crippen LogP contribution is -2.39. The second-order valence-corrected chi connectivity index (χ2v) is 6.01. The zero-order chi connectivity index (χ0) is 16.1. The molecular weight excluding hydrogens is 359 g/mol. The number of hydrogen-bond donors (Lipinski definition) is 1. The molecule has 1 aliphatic rings. The average molecular weight is 385 g/mol. The van der Waals surface area contributed by atoms with Gasteiger partial charge in [-0.3, -0.25) is 4.90 Å². The van der Waals surface area contributed by atoms with E-state index in [0.29, 0.717) is 6.04 Å². The van der Waals surface area contributed by atoms with Crippen LogP contribution in [0.5, 0.6) is 17.2 Å². The molecule has 0 bridgehead atoms. The van der Waals surface area contributed by atoms with Gasteiger partial charge in [0, 0.05) is 12.6 Å². The van der Waals surface area contributed by atoms with Gasteiger partial charge in [-0.15, -0.1) is 24.8 Å². The van der Waals surface area contributed by atoms with Crippen LogP contribution >= 0.6 is 24.8 Å². The van der Waals surface area contributed by atoms with Crippen LogP contribution in [0.25, 0.3) is 0 Å². The highest BCUT2D eigenvalue weighted by molar-refractivity contribution is 5.85. The summed E-state index contributed by atoms with van der Waals surface area (Å²) < 4.78 is 11.3. The number of nitrogens with zero attached hydrogens (tertiary/aromatic N) is 1. The molecule has 4 nitrogen and oxygen atoms in total. The van der Waals surface area contributed by atoms with Crippen molar-refractivity contribution in [1.82, 2.24) is 4.90 Å². The van der Waals surface area contributed by atoms with E-state index in [9.17, 15) is 0 Å². The Morgan fingerprint density at radius 3 is 2.36 bits per heavy atom. The smallest absolute Gasteiger partial charge is 0.169 e. The van der Waals surface area contributed by atoms with Crippen molar-refractivity contribution in [2.24, 2.45) is 5.73 Å². The topological polar surface area (TPSA) is 47.7 Å². The first-order valence-electron chi connectivity index (χ1n) is 8.12. The van der Waals surface area contributed by atoms with E-state index in [1.54, 1.807) is 7.11 Å². The Balaban J connectivity index is 0.00000156. The molecule has 0 unspecified atom stereocenters. The van der Waals surface area contributed by atoms with Crippen molar-refractivity contribution in [3.63, 3.8) is 0 Å². The first-order chi connectivity index (χ1) is 11.2. The van der Waals surface area contributed by atoms with E-state index in [2.05, 4.69) is 17.0 Å². The molecular formula is C19H26Cl2N2O2. The van der Waals surface area contributed by atoms with Crippen LogP contribution in [0.15, 0.2) is 48.5 Å². The Bertz CT molecular complexity index is 647. The lowest BCUT2D eigenvalue weighted by atomic mass is 10.1. The van der Waals surface area contributed by atoms with Crippen LogP contribution in [0.2, 0.25) is 0 Å². The molecule has 25 heavy (non-hydrogen) atoms. The molecule has 1 heterocycles. The van der Waals surface area contributed by atoms with Crippen molar-refractivity contribution in [2.45, 2.75) is 25.4 Å². The van der Waals surface area contributed by atoms with Crippen molar-refractivity contribution < 1.29 is 9.47 Å². The van der Waals surface area contributed by atoms with Crippen molar-refractivity contribution >= 4 is 24.8 Å². The Kier molecular flexibility index (Phi) is 9.08. The van der Waals surface area contributed by atoms with Crippen LogP contribution in [0.1, 0.15) is 18.4 Å². The van der Waals surface area contributed by atoms with E-state index in [4.69, 9.17) is 15.2 Å². The number of hydrogen-bond acceptors (Lipinski definition) is 4. The number of ether oxygens (including phenoxy) is 2. The number of rotatable bonds is 5. The van der Waals surface area contributed by atoms with Crippen molar-refractivity contribution in [1.29, 1.82) is 0 Å². The Morgan fingerprint density at radius 1 is 1.00 bits per heavy atom. The number of nitrogens with two attached hydrogens (primary N) is 1. The lowest BCUT2D eigenvalue weighted by Gasteiger charge is -2.30. The number of likely N-dealkylation sites (tertiary alicyclic amines) is 1. The summed E-state index contributed by atoms with van der Waals surface area (Å²) in [7, 11) is 1.65. The maximum Gasteiger partial charge on any atom is 0.169 e. The van der Waals surface area contributed by atoms with Crippen LogP contribution < -0.4 is 15.2 Å². The van der Waals surface area contributed by atoms with Gasteiger partial charge in [0.05, 0.1) is 7.11 Å². The van der Waals surface area contributed by atoms with Crippen LogP contribution in [-0.4, -0.2) is 31.1 Å². The molecule has 0 aromatic heterocycles. The van der Waals surface area contributed by atoms with Crippen LogP contribution in [-0.2, 0) is 6.54 Å². The van der Waals surface area contributed by atoms with Gasteiger partial charge >= 0.3 is 0 Å². The van der Waals surface area contributed by atoms with E-state index >= 15 is 0 Å². The summed E-state index contributed by atoms with van der Waals surface area (Å²) in [6.45, 7) is 3.08. The van der Waals surface area contributed by atoms with Crippen molar-refractivity contribution in [3.05, 3.63) is 54.1 Å². The van der Waals surface area contributed by atoms with Gasteiger partial charge in [0.2, 0.25) is 0 Å². The molecule has 0 amide bonds. The Morgan fingerprint density at radius 2 is 1.68 bits per heavy atom.